The van der Waals surface area contributed by atoms with Crippen molar-refractivity contribution in [1.29, 1.82) is 0 Å². The van der Waals surface area contributed by atoms with E-state index in [0.717, 1.165) is 6.42 Å². The number of ether oxygens (including phenoxy) is 1. The third-order valence-corrected chi connectivity index (χ3v) is 13.4. The van der Waals surface area contributed by atoms with E-state index in [9.17, 15) is 4.79 Å². The fourth-order valence-electron chi connectivity index (χ4n) is 4.71. The Bertz CT molecular complexity index is 349. The van der Waals surface area contributed by atoms with Gasteiger partial charge in [0.25, 0.3) is 0 Å². The lowest BCUT2D eigenvalue weighted by Crippen LogP contribution is -2.49. The molecule has 1 saturated heterocycles. The number of esters is 1. The van der Waals surface area contributed by atoms with E-state index in [-0.39, 0.29) is 12.1 Å². The standard InChI is InChI=1S/C18H34O2Si/c1-6-17(19)20-16(5)12-14-18(7-2)13-10-11-15-21(18,8-3)9-4/h6,16H,1,7-15H2,2-5H3. The molecule has 0 spiro atoms. The van der Waals surface area contributed by atoms with Crippen LogP contribution in [-0.2, 0) is 9.53 Å². The third kappa shape index (κ3) is 4.00. The molecule has 2 nitrogen and oxygen atoms in total. The summed E-state index contributed by atoms with van der Waals surface area (Å²) in [5.74, 6) is -0.286. The molecule has 0 saturated carbocycles. The van der Waals surface area contributed by atoms with Crippen LogP contribution >= 0.6 is 0 Å². The Hall–Kier alpha value is -0.573. The molecule has 1 heterocycles. The van der Waals surface area contributed by atoms with Crippen molar-refractivity contribution in [2.75, 3.05) is 0 Å². The number of hydrogen-bond donors (Lipinski definition) is 0. The van der Waals surface area contributed by atoms with Crippen LogP contribution in [0.15, 0.2) is 12.7 Å². The van der Waals surface area contributed by atoms with Gasteiger partial charge in [0.1, 0.15) is 0 Å². The zero-order chi connectivity index (χ0) is 15.9. The van der Waals surface area contributed by atoms with Gasteiger partial charge in [-0.1, -0.05) is 64.7 Å². The molecular formula is C18H34O2Si. The van der Waals surface area contributed by atoms with Gasteiger partial charge in [-0.2, -0.15) is 0 Å². The molecule has 0 aromatic rings. The second kappa shape index (κ2) is 8.16. The Morgan fingerprint density at radius 3 is 2.52 bits per heavy atom. The molecule has 1 aliphatic heterocycles. The van der Waals surface area contributed by atoms with Gasteiger partial charge in [0.2, 0.25) is 0 Å². The van der Waals surface area contributed by atoms with E-state index in [1.165, 1.54) is 56.3 Å². The first-order chi connectivity index (χ1) is 9.99. The van der Waals surface area contributed by atoms with E-state index in [2.05, 4.69) is 27.4 Å². The van der Waals surface area contributed by atoms with Crippen LogP contribution in [0.2, 0.25) is 23.2 Å². The predicted octanol–water partition coefficient (Wildman–Crippen LogP) is 5.71. The Kier molecular flexibility index (Phi) is 7.18. The smallest absolute Gasteiger partial charge is 0.330 e. The van der Waals surface area contributed by atoms with Crippen molar-refractivity contribution in [3.8, 4) is 0 Å². The molecule has 2 unspecified atom stereocenters. The van der Waals surface area contributed by atoms with Crippen molar-refractivity contribution in [1.82, 2.24) is 0 Å². The first-order valence-corrected chi connectivity index (χ1v) is 11.4. The number of hydrogen-bond acceptors (Lipinski definition) is 2. The highest BCUT2D eigenvalue weighted by Gasteiger charge is 2.50. The highest BCUT2D eigenvalue weighted by Crippen LogP contribution is 2.58. The van der Waals surface area contributed by atoms with Crippen LogP contribution in [0, 0.1) is 0 Å². The first kappa shape index (κ1) is 18.5. The van der Waals surface area contributed by atoms with E-state index in [1.807, 2.05) is 6.92 Å². The topological polar surface area (TPSA) is 26.3 Å². The second-order valence-corrected chi connectivity index (χ2v) is 12.4. The van der Waals surface area contributed by atoms with E-state index < -0.39 is 8.07 Å². The molecule has 0 aromatic carbocycles. The molecule has 0 amide bonds. The summed E-state index contributed by atoms with van der Waals surface area (Å²) < 4.78 is 5.37. The molecule has 1 rings (SSSR count). The van der Waals surface area contributed by atoms with Gasteiger partial charge < -0.3 is 4.74 Å². The summed E-state index contributed by atoms with van der Waals surface area (Å²) in [5.41, 5.74) is 0. The Morgan fingerprint density at radius 1 is 1.33 bits per heavy atom. The van der Waals surface area contributed by atoms with Gasteiger partial charge >= 0.3 is 5.97 Å². The van der Waals surface area contributed by atoms with E-state index >= 15 is 0 Å². The lowest BCUT2D eigenvalue weighted by molar-refractivity contribution is -0.142. The molecule has 21 heavy (non-hydrogen) atoms. The Balaban J connectivity index is 2.77. The average molecular weight is 311 g/mol. The summed E-state index contributed by atoms with van der Waals surface area (Å²) in [6.45, 7) is 12.7. The highest BCUT2D eigenvalue weighted by molar-refractivity contribution is 6.82. The summed E-state index contributed by atoms with van der Waals surface area (Å²) in [5, 5.41) is 0.573. The molecule has 2 atom stereocenters. The van der Waals surface area contributed by atoms with E-state index in [0.29, 0.717) is 5.04 Å². The van der Waals surface area contributed by atoms with E-state index in [4.69, 9.17) is 4.74 Å². The average Bonchev–Trinajstić information content (AvgIpc) is 2.52. The van der Waals surface area contributed by atoms with E-state index in [1.54, 1.807) is 0 Å². The van der Waals surface area contributed by atoms with Crippen LogP contribution < -0.4 is 0 Å². The van der Waals surface area contributed by atoms with Crippen LogP contribution in [0.1, 0.15) is 66.2 Å². The normalized spacial score (nSPS) is 26.1. The summed E-state index contributed by atoms with van der Waals surface area (Å²) in [6.07, 6.45) is 9.07. The molecule has 3 heteroatoms. The van der Waals surface area contributed by atoms with Crippen molar-refractivity contribution in [3.05, 3.63) is 12.7 Å². The summed E-state index contributed by atoms with van der Waals surface area (Å²) in [6, 6.07) is 4.34. The zero-order valence-corrected chi connectivity index (χ0v) is 15.5. The van der Waals surface area contributed by atoms with Crippen molar-refractivity contribution < 1.29 is 9.53 Å². The lowest BCUT2D eigenvalue weighted by atomic mass is 9.91. The number of carbonyl (C=O) groups is 1. The Labute approximate surface area is 132 Å². The van der Waals surface area contributed by atoms with Gasteiger partial charge in [0.05, 0.1) is 14.2 Å². The minimum absolute atomic E-state index is 0.0151. The van der Waals surface area contributed by atoms with Crippen LogP contribution in [0.4, 0.5) is 0 Å². The largest absolute Gasteiger partial charge is 0.460 e. The maximum Gasteiger partial charge on any atom is 0.330 e. The highest BCUT2D eigenvalue weighted by atomic mass is 28.3. The van der Waals surface area contributed by atoms with Crippen molar-refractivity contribution in [2.45, 2.75) is 95.5 Å². The molecule has 0 aliphatic carbocycles. The minimum Gasteiger partial charge on any atom is -0.460 e. The van der Waals surface area contributed by atoms with Gasteiger partial charge in [-0.3, -0.25) is 0 Å². The third-order valence-electron chi connectivity index (χ3n) is 6.23. The molecule has 1 fully saturated rings. The van der Waals surface area contributed by atoms with Gasteiger partial charge in [0, 0.05) is 6.08 Å². The zero-order valence-electron chi connectivity index (χ0n) is 14.5. The summed E-state index contributed by atoms with van der Waals surface area (Å²) in [7, 11) is -1.19. The summed E-state index contributed by atoms with van der Waals surface area (Å²) in [4.78, 5) is 11.3. The quantitative estimate of drug-likeness (QED) is 0.326. The first-order valence-electron chi connectivity index (χ1n) is 8.82. The van der Waals surface area contributed by atoms with Crippen LogP contribution in [0.5, 0.6) is 0 Å². The van der Waals surface area contributed by atoms with Crippen LogP contribution in [-0.4, -0.2) is 20.1 Å². The minimum atomic E-state index is -1.19. The fourth-order valence-corrected chi connectivity index (χ4v) is 11.0. The predicted molar refractivity (Wildman–Crippen MR) is 93.3 cm³/mol. The van der Waals surface area contributed by atoms with Crippen LogP contribution in [0.3, 0.4) is 0 Å². The molecule has 122 valence electrons. The van der Waals surface area contributed by atoms with Gasteiger partial charge in [-0.15, -0.1) is 0 Å². The fraction of sp³-hybridized carbons (Fsp3) is 0.833. The van der Waals surface area contributed by atoms with Crippen LogP contribution in [0.25, 0.3) is 0 Å². The molecular weight excluding hydrogens is 276 g/mol. The summed E-state index contributed by atoms with van der Waals surface area (Å²) >= 11 is 0. The Morgan fingerprint density at radius 2 is 2.00 bits per heavy atom. The molecule has 0 bridgehead atoms. The lowest BCUT2D eigenvalue weighted by Gasteiger charge is -2.53. The maximum absolute atomic E-state index is 11.3. The molecule has 1 aliphatic rings. The maximum atomic E-state index is 11.3. The van der Waals surface area contributed by atoms with Crippen molar-refractivity contribution >= 4 is 14.0 Å². The van der Waals surface area contributed by atoms with Crippen molar-refractivity contribution in [2.24, 2.45) is 0 Å². The van der Waals surface area contributed by atoms with Gasteiger partial charge in [-0.25, -0.2) is 4.79 Å². The molecule has 0 aromatic heterocycles. The van der Waals surface area contributed by atoms with Gasteiger partial charge in [0.15, 0.2) is 0 Å². The SMILES string of the molecule is C=CC(=O)OC(C)CCC1(CC)CCCC[Si]1(CC)CC. The monoisotopic (exact) mass is 310 g/mol. The van der Waals surface area contributed by atoms with Gasteiger partial charge in [-0.05, 0) is 31.2 Å². The number of carbonyl (C=O) groups excluding carboxylic acids is 1. The van der Waals surface area contributed by atoms with Crippen molar-refractivity contribution in [3.63, 3.8) is 0 Å². The molecule has 0 radical (unpaired) electrons. The number of rotatable bonds is 8. The molecule has 0 N–H and O–H groups in total. The second-order valence-electron chi connectivity index (χ2n) is 6.82.